The molecule has 0 saturated carbocycles. The molecule has 5 nitrogen and oxygen atoms in total. The Balaban J connectivity index is 2.41. The highest BCUT2D eigenvalue weighted by Crippen LogP contribution is 2.17. The van der Waals surface area contributed by atoms with Crippen LogP contribution in [0.1, 0.15) is 30.5 Å². The number of hydrogen-bond donors (Lipinski definition) is 0. The summed E-state index contributed by atoms with van der Waals surface area (Å²) in [6.45, 7) is 4.08. The molecular weight excluding hydrogens is 246 g/mol. The Morgan fingerprint density at radius 1 is 1.25 bits per heavy atom. The van der Waals surface area contributed by atoms with Gasteiger partial charge in [-0.1, -0.05) is 25.2 Å². The molecule has 0 saturated heterocycles. The molecular formula is C9H12ClN5S. The fraction of sp³-hybridized carbons (Fsp3) is 0.556. The molecule has 0 unspecified atom stereocenters. The summed E-state index contributed by atoms with van der Waals surface area (Å²) >= 11 is 7.14. The largest absolute Gasteiger partial charge is 0.234 e. The van der Waals surface area contributed by atoms with Gasteiger partial charge in [0.2, 0.25) is 5.13 Å². The lowest BCUT2D eigenvalue weighted by molar-refractivity contribution is 0.771. The van der Waals surface area contributed by atoms with Crippen LogP contribution in [0.5, 0.6) is 0 Å². The van der Waals surface area contributed by atoms with Gasteiger partial charge in [0.05, 0.1) is 5.88 Å². The van der Waals surface area contributed by atoms with Crippen LogP contribution in [0.4, 0.5) is 0 Å². The van der Waals surface area contributed by atoms with E-state index in [0.717, 1.165) is 34.6 Å². The zero-order chi connectivity index (χ0) is 11.5. The standard InChI is InChI=1S/C9H12ClN5S/c1-3-6-11-7(4-2)15(14-6)9-13-12-8(5-10)16-9/h3-5H2,1-2H3. The molecule has 86 valence electrons. The van der Waals surface area contributed by atoms with Crippen LogP contribution in [0.3, 0.4) is 0 Å². The number of rotatable bonds is 4. The van der Waals surface area contributed by atoms with Gasteiger partial charge < -0.3 is 0 Å². The van der Waals surface area contributed by atoms with Crippen LogP contribution >= 0.6 is 22.9 Å². The predicted octanol–water partition coefficient (Wildman–Crippen LogP) is 1.98. The average molecular weight is 258 g/mol. The number of aryl methyl sites for hydroxylation is 2. The molecule has 2 heterocycles. The maximum Gasteiger partial charge on any atom is 0.234 e. The maximum atomic E-state index is 5.70. The molecule has 0 aliphatic carbocycles. The Bertz CT molecular complexity index is 478. The average Bonchev–Trinajstić information content (AvgIpc) is 2.94. The molecule has 0 N–H and O–H groups in total. The highest BCUT2D eigenvalue weighted by Gasteiger charge is 2.13. The summed E-state index contributed by atoms with van der Waals surface area (Å²) in [5.74, 6) is 2.13. The molecule has 7 heteroatoms. The molecule has 0 spiro atoms. The van der Waals surface area contributed by atoms with Crippen molar-refractivity contribution in [2.24, 2.45) is 0 Å². The molecule has 0 amide bonds. The van der Waals surface area contributed by atoms with Gasteiger partial charge in [0.1, 0.15) is 10.8 Å². The van der Waals surface area contributed by atoms with E-state index in [9.17, 15) is 0 Å². The summed E-state index contributed by atoms with van der Waals surface area (Å²) in [6.07, 6.45) is 1.64. The summed E-state index contributed by atoms with van der Waals surface area (Å²) in [4.78, 5) is 4.42. The number of nitrogens with zero attached hydrogens (tertiary/aromatic N) is 5. The fourth-order valence-corrected chi connectivity index (χ4v) is 2.19. The molecule has 2 aromatic heterocycles. The molecule has 2 rings (SSSR count). The highest BCUT2D eigenvalue weighted by atomic mass is 35.5. The third kappa shape index (κ3) is 2.08. The first-order valence-corrected chi connectivity index (χ1v) is 6.47. The third-order valence-corrected chi connectivity index (χ3v) is 3.41. The van der Waals surface area contributed by atoms with E-state index < -0.39 is 0 Å². The van der Waals surface area contributed by atoms with Gasteiger partial charge in [-0.2, -0.15) is 4.68 Å². The van der Waals surface area contributed by atoms with E-state index in [2.05, 4.69) is 20.3 Å². The first-order chi connectivity index (χ1) is 7.78. The van der Waals surface area contributed by atoms with E-state index in [1.54, 1.807) is 4.68 Å². The third-order valence-electron chi connectivity index (χ3n) is 2.10. The SMILES string of the molecule is CCc1nc(CC)n(-c2nnc(CCl)s2)n1. The molecule has 0 bridgehead atoms. The Kier molecular flexibility index (Phi) is 3.50. The van der Waals surface area contributed by atoms with Crippen molar-refractivity contribution in [1.29, 1.82) is 0 Å². The van der Waals surface area contributed by atoms with Gasteiger partial charge >= 0.3 is 0 Å². The van der Waals surface area contributed by atoms with Crippen LogP contribution in [0, 0.1) is 0 Å². The van der Waals surface area contributed by atoms with Crippen LogP contribution in [0.25, 0.3) is 5.13 Å². The summed E-state index contributed by atoms with van der Waals surface area (Å²) in [6, 6.07) is 0. The summed E-state index contributed by atoms with van der Waals surface area (Å²) in [5.41, 5.74) is 0. The lowest BCUT2D eigenvalue weighted by atomic mass is 10.4. The van der Waals surface area contributed by atoms with Gasteiger partial charge in [-0.05, 0) is 0 Å². The van der Waals surface area contributed by atoms with Crippen LogP contribution in [0.2, 0.25) is 0 Å². The zero-order valence-corrected chi connectivity index (χ0v) is 10.7. The second-order valence-electron chi connectivity index (χ2n) is 3.18. The summed E-state index contributed by atoms with van der Waals surface area (Å²) < 4.78 is 1.76. The minimum absolute atomic E-state index is 0.383. The zero-order valence-electron chi connectivity index (χ0n) is 9.14. The van der Waals surface area contributed by atoms with Crippen LogP contribution < -0.4 is 0 Å². The number of alkyl halides is 1. The number of hydrogen-bond acceptors (Lipinski definition) is 5. The van der Waals surface area contributed by atoms with E-state index >= 15 is 0 Å². The van der Waals surface area contributed by atoms with Crippen LogP contribution in [0.15, 0.2) is 0 Å². The van der Waals surface area contributed by atoms with Gasteiger partial charge in [-0.25, -0.2) is 4.98 Å². The van der Waals surface area contributed by atoms with Crippen molar-refractivity contribution in [1.82, 2.24) is 25.0 Å². The maximum absolute atomic E-state index is 5.70. The van der Waals surface area contributed by atoms with Crippen molar-refractivity contribution in [3.63, 3.8) is 0 Å². The topological polar surface area (TPSA) is 56.5 Å². The molecule has 0 aliphatic heterocycles. The number of aromatic nitrogens is 5. The number of halogens is 1. The smallest absolute Gasteiger partial charge is 0.216 e. The lowest BCUT2D eigenvalue weighted by Crippen LogP contribution is -2.01. The van der Waals surface area contributed by atoms with Crippen LogP contribution in [-0.4, -0.2) is 25.0 Å². The monoisotopic (exact) mass is 257 g/mol. The second-order valence-corrected chi connectivity index (χ2v) is 4.48. The van der Waals surface area contributed by atoms with Crippen LogP contribution in [-0.2, 0) is 18.7 Å². The van der Waals surface area contributed by atoms with Crippen molar-refractivity contribution < 1.29 is 0 Å². The van der Waals surface area contributed by atoms with E-state index in [0.29, 0.717) is 5.88 Å². The van der Waals surface area contributed by atoms with E-state index in [4.69, 9.17) is 11.6 Å². The fourth-order valence-electron chi connectivity index (χ4n) is 1.31. The van der Waals surface area contributed by atoms with Crippen molar-refractivity contribution in [3.05, 3.63) is 16.7 Å². The lowest BCUT2D eigenvalue weighted by Gasteiger charge is -1.96. The first kappa shape index (κ1) is 11.5. The van der Waals surface area contributed by atoms with Gasteiger partial charge in [-0.15, -0.1) is 26.9 Å². The minimum Gasteiger partial charge on any atom is -0.216 e. The molecule has 0 aromatic carbocycles. The second kappa shape index (κ2) is 4.88. The van der Waals surface area contributed by atoms with Crippen molar-refractivity contribution in [2.75, 3.05) is 0 Å². The highest BCUT2D eigenvalue weighted by molar-refractivity contribution is 7.13. The van der Waals surface area contributed by atoms with Crippen molar-refractivity contribution in [3.8, 4) is 5.13 Å². The molecule has 0 radical (unpaired) electrons. The summed E-state index contributed by atoms with van der Waals surface area (Å²) in [5, 5.41) is 13.9. The van der Waals surface area contributed by atoms with E-state index in [1.807, 2.05) is 13.8 Å². The Morgan fingerprint density at radius 3 is 2.62 bits per heavy atom. The van der Waals surface area contributed by atoms with Crippen molar-refractivity contribution in [2.45, 2.75) is 32.6 Å². The quantitative estimate of drug-likeness (QED) is 0.786. The Hall–Kier alpha value is -1.01. The van der Waals surface area contributed by atoms with Crippen molar-refractivity contribution >= 4 is 22.9 Å². The van der Waals surface area contributed by atoms with E-state index in [1.165, 1.54) is 11.3 Å². The first-order valence-electron chi connectivity index (χ1n) is 5.12. The minimum atomic E-state index is 0.383. The Morgan fingerprint density at radius 2 is 2.06 bits per heavy atom. The van der Waals surface area contributed by atoms with Gasteiger partial charge in [0.15, 0.2) is 5.82 Å². The molecule has 2 aromatic rings. The van der Waals surface area contributed by atoms with Gasteiger partial charge in [0, 0.05) is 12.8 Å². The molecule has 16 heavy (non-hydrogen) atoms. The Labute approximate surface area is 102 Å². The molecule has 0 atom stereocenters. The van der Waals surface area contributed by atoms with Gasteiger partial charge in [-0.3, -0.25) is 0 Å². The summed E-state index contributed by atoms with van der Waals surface area (Å²) in [7, 11) is 0. The normalized spacial score (nSPS) is 10.9. The van der Waals surface area contributed by atoms with Gasteiger partial charge in [0.25, 0.3) is 0 Å². The molecule has 0 fully saturated rings. The van der Waals surface area contributed by atoms with E-state index in [-0.39, 0.29) is 0 Å². The molecule has 0 aliphatic rings. The predicted molar refractivity (Wildman–Crippen MR) is 63.1 cm³/mol.